The van der Waals surface area contributed by atoms with Crippen molar-refractivity contribution in [3.05, 3.63) is 53.3 Å². The highest BCUT2D eigenvalue weighted by atomic mass is 19.1. The van der Waals surface area contributed by atoms with Crippen LogP contribution in [0.4, 0.5) is 21.5 Å². The van der Waals surface area contributed by atoms with E-state index in [-0.39, 0.29) is 17.2 Å². The second-order valence-electron chi connectivity index (χ2n) is 5.09. The van der Waals surface area contributed by atoms with Crippen LogP contribution in [-0.2, 0) is 0 Å². The molecule has 110 valence electrons. The van der Waals surface area contributed by atoms with Crippen LogP contribution in [0.2, 0.25) is 0 Å². The number of rotatable bonds is 3. The molecular weight excluding hydrogens is 269 g/mol. The van der Waals surface area contributed by atoms with Crippen LogP contribution in [0.1, 0.15) is 15.9 Å². The van der Waals surface area contributed by atoms with Crippen molar-refractivity contribution in [3.8, 4) is 0 Å². The summed E-state index contributed by atoms with van der Waals surface area (Å²) in [6.07, 6.45) is 0. The summed E-state index contributed by atoms with van der Waals surface area (Å²) in [5.74, 6) is -0.969. The average Bonchev–Trinajstić information content (AvgIpc) is 2.43. The smallest absolute Gasteiger partial charge is 0.255 e. The lowest BCUT2D eigenvalue weighted by atomic mass is 10.1. The molecule has 0 radical (unpaired) electrons. The molecule has 0 saturated heterocycles. The van der Waals surface area contributed by atoms with E-state index >= 15 is 0 Å². The lowest BCUT2D eigenvalue weighted by molar-refractivity contribution is 0.102. The molecule has 0 spiro atoms. The van der Waals surface area contributed by atoms with Gasteiger partial charge in [0.15, 0.2) is 0 Å². The minimum absolute atomic E-state index is 0.0248. The first kappa shape index (κ1) is 14.8. The number of amides is 1. The number of carbonyl (C=O) groups is 1. The molecule has 0 aliphatic carbocycles. The molecule has 5 heteroatoms. The molecule has 0 unspecified atom stereocenters. The zero-order valence-electron chi connectivity index (χ0n) is 12.3. The molecule has 0 atom stereocenters. The van der Waals surface area contributed by atoms with E-state index in [1.54, 1.807) is 0 Å². The normalized spacial score (nSPS) is 10.3. The Bertz CT molecular complexity index is 683. The summed E-state index contributed by atoms with van der Waals surface area (Å²) >= 11 is 0. The van der Waals surface area contributed by atoms with E-state index < -0.39 is 5.82 Å². The molecule has 2 aromatic carbocycles. The second kappa shape index (κ2) is 5.83. The van der Waals surface area contributed by atoms with Gasteiger partial charge in [-0.3, -0.25) is 4.79 Å². The molecule has 0 heterocycles. The van der Waals surface area contributed by atoms with Crippen molar-refractivity contribution in [1.29, 1.82) is 0 Å². The zero-order chi connectivity index (χ0) is 15.6. The molecule has 2 rings (SSSR count). The minimum Gasteiger partial charge on any atom is -0.396 e. The topological polar surface area (TPSA) is 58.4 Å². The third-order valence-corrected chi connectivity index (χ3v) is 3.21. The first-order valence-corrected chi connectivity index (χ1v) is 6.53. The van der Waals surface area contributed by atoms with Crippen LogP contribution in [0.3, 0.4) is 0 Å². The Labute approximate surface area is 123 Å². The van der Waals surface area contributed by atoms with Crippen LogP contribution < -0.4 is 16.0 Å². The Morgan fingerprint density at radius 1 is 1.19 bits per heavy atom. The second-order valence-corrected chi connectivity index (χ2v) is 5.09. The Morgan fingerprint density at radius 3 is 2.52 bits per heavy atom. The Morgan fingerprint density at radius 2 is 1.90 bits per heavy atom. The van der Waals surface area contributed by atoms with Crippen LogP contribution in [-0.4, -0.2) is 20.0 Å². The van der Waals surface area contributed by atoms with Gasteiger partial charge in [-0.25, -0.2) is 4.39 Å². The molecule has 0 aromatic heterocycles. The first-order chi connectivity index (χ1) is 9.88. The number of aryl methyl sites for hydroxylation is 1. The maximum absolute atomic E-state index is 13.4. The SMILES string of the molecule is Cc1ccc(NC(=O)c2ccc(N)c(F)c2)cc1N(C)C. The number of benzene rings is 2. The van der Waals surface area contributed by atoms with Gasteiger partial charge in [-0.2, -0.15) is 0 Å². The molecule has 21 heavy (non-hydrogen) atoms. The van der Waals surface area contributed by atoms with E-state index in [0.717, 1.165) is 17.3 Å². The van der Waals surface area contributed by atoms with E-state index in [2.05, 4.69) is 5.32 Å². The number of nitrogens with one attached hydrogen (secondary N) is 1. The molecular formula is C16H18FN3O. The van der Waals surface area contributed by atoms with Crippen LogP contribution in [0.15, 0.2) is 36.4 Å². The Kier molecular flexibility index (Phi) is 4.12. The van der Waals surface area contributed by atoms with E-state index in [0.29, 0.717) is 5.69 Å². The van der Waals surface area contributed by atoms with Crippen molar-refractivity contribution in [1.82, 2.24) is 0 Å². The standard InChI is InChI=1S/C16H18FN3O/c1-10-4-6-12(9-15(10)20(2)3)19-16(21)11-5-7-14(18)13(17)8-11/h4-9H,18H2,1-3H3,(H,19,21). The number of nitrogens with zero attached hydrogens (tertiary/aromatic N) is 1. The van der Waals surface area contributed by atoms with Crippen molar-refractivity contribution >= 4 is 23.0 Å². The number of anilines is 3. The van der Waals surface area contributed by atoms with Gasteiger partial charge in [-0.15, -0.1) is 0 Å². The number of carbonyl (C=O) groups excluding carboxylic acids is 1. The van der Waals surface area contributed by atoms with Crippen molar-refractivity contribution in [2.45, 2.75) is 6.92 Å². The van der Waals surface area contributed by atoms with Crippen molar-refractivity contribution in [2.24, 2.45) is 0 Å². The van der Waals surface area contributed by atoms with Crippen LogP contribution in [0.25, 0.3) is 0 Å². The maximum Gasteiger partial charge on any atom is 0.255 e. The summed E-state index contributed by atoms with van der Waals surface area (Å²) in [7, 11) is 3.87. The molecule has 0 aliphatic rings. The summed E-state index contributed by atoms with van der Waals surface area (Å²) in [5, 5.41) is 2.75. The van der Waals surface area contributed by atoms with Crippen LogP contribution in [0, 0.1) is 12.7 Å². The van der Waals surface area contributed by atoms with Gasteiger partial charge >= 0.3 is 0 Å². The number of hydrogen-bond donors (Lipinski definition) is 2. The van der Waals surface area contributed by atoms with Gasteiger partial charge < -0.3 is 16.0 Å². The molecule has 0 aliphatic heterocycles. The highest BCUT2D eigenvalue weighted by Crippen LogP contribution is 2.23. The summed E-state index contributed by atoms with van der Waals surface area (Å²) < 4.78 is 13.4. The number of nitrogen functional groups attached to an aromatic ring is 1. The average molecular weight is 287 g/mol. The summed E-state index contributed by atoms with van der Waals surface area (Å²) in [6, 6.07) is 9.62. The molecule has 1 amide bonds. The predicted octanol–water partition coefficient (Wildman–Crippen LogP) is 3.03. The van der Waals surface area contributed by atoms with E-state index in [4.69, 9.17) is 5.73 Å². The van der Waals surface area contributed by atoms with Gasteiger partial charge in [0, 0.05) is 31.0 Å². The third kappa shape index (κ3) is 3.31. The summed E-state index contributed by atoms with van der Waals surface area (Å²) in [6.45, 7) is 2.00. The summed E-state index contributed by atoms with van der Waals surface area (Å²) in [4.78, 5) is 14.1. The first-order valence-electron chi connectivity index (χ1n) is 6.53. The minimum atomic E-state index is -0.597. The van der Waals surface area contributed by atoms with Crippen LogP contribution in [0.5, 0.6) is 0 Å². The van der Waals surface area contributed by atoms with Crippen molar-refractivity contribution in [3.63, 3.8) is 0 Å². The Hall–Kier alpha value is -2.56. The maximum atomic E-state index is 13.4. The summed E-state index contributed by atoms with van der Waals surface area (Å²) in [5.41, 5.74) is 8.43. The molecule has 0 fully saturated rings. The molecule has 0 saturated carbocycles. The lowest BCUT2D eigenvalue weighted by Gasteiger charge is -2.17. The van der Waals surface area contributed by atoms with E-state index in [1.165, 1.54) is 12.1 Å². The fraction of sp³-hybridized carbons (Fsp3) is 0.188. The van der Waals surface area contributed by atoms with Gasteiger partial charge in [0.05, 0.1) is 5.69 Å². The monoisotopic (exact) mass is 287 g/mol. The third-order valence-electron chi connectivity index (χ3n) is 3.21. The number of halogens is 1. The van der Waals surface area contributed by atoms with Gasteiger partial charge in [0.1, 0.15) is 5.82 Å². The number of hydrogen-bond acceptors (Lipinski definition) is 3. The fourth-order valence-corrected chi connectivity index (χ4v) is 2.04. The molecule has 2 aromatic rings. The largest absolute Gasteiger partial charge is 0.396 e. The number of nitrogens with two attached hydrogens (primary N) is 1. The van der Waals surface area contributed by atoms with E-state index in [1.807, 2.05) is 44.1 Å². The highest BCUT2D eigenvalue weighted by molar-refractivity contribution is 6.04. The van der Waals surface area contributed by atoms with Gasteiger partial charge in [-0.05, 0) is 42.8 Å². The lowest BCUT2D eigenvalue weighted by Crippen LogP contribution is -2.14. The Balaban J connectivity index is 2.23. The zero-order valence-corrected chi connectivity index (χ0v) is 12.3. The van der Waals surface area contributed by atoms with Gasteiger partial charge in [0.2, 0.25) is 0 Å². The molecule has 0 bridgehead atoms. The van der Waals surface area contributed by atoms with Gasteiger partial charge in [-0.1, -0.05) is 6.07 Å². The van der Waals surface area contributed by atoms with Gasteiger partial charge in [0.25, 0.3) is 5.91 Å². The molecule has 3 N–H and O–H groups in total. The quantitative estimate of drug-likeness (QED) is 0.853. The van der Waals surface area contributed by atoms with E-state index in [9.17, 15) is 9.18 Å². The molecule has 4 nitrogen and oxygen atoms in total. The van der Waals surface area contributed by atoms with Crippen molar-refractivity contribution in [2.75, 3.05) is 30.0 Å². The highest BCUT2D eigenvalue weighted by Gasteiger charge is 2.10. The van der Waals surface area contributed by atoms with Crippen molar-refractivity contribution < 1.29 is 9.18 Å². The predicted molar refractivity (Wildman–Crippen MR) is 84.3 cm³/mol. The fourth-order valence-electron chi connectivity index (χ4n) is 2.04. The van der Waals surface area contributed by atoms with Crippen LogP contribution >= 0.6 is 0 Å².